The van der Waals surface area contributed by atoms with Gasteiger partial charge in [-0.25, -0.2) is 9.18 Å². The second kappa shape index (κ2) is 8.68. The summed E-state index contributed by atoms with van der Waals surface area (Å²) in [6.07, 6.45) is 1.43. The number of benzene rings is 1. The smallest absolute Gasteiger partial charge is 0.326 e. The highest BCUT2D eigenvalue weighted by Crippen LogP contribution is 2.19. The van der Waals surface area contributed by atoms with E-state index in [9.17, 15) is 19.1 Å². The molecule has 2 heterocycles. The number of hydrogen-bond acceptors (Lipinski definition) is 5. The second-order valence-electron chi connectivity index (χ2n) is 6.28. The lowest BCUT2D eigenvalue weighted by atomic mass is 9.93. The Bertz CT molecular complexity index is 782. The number of carboxylic acid groups (broad SMARTS) is 1. The van der Waals surface area contributed by atoms with Gasteiger partial charge >= 0.3 is 5.97 Å². The lowest BCUT2D eigenvalue weighted by Crippen LogP contribution is -2.48. The summed E-state index contributed by atoms with van der Waals surface area (Å²) in [7, 11) is 0. The molecule has 1 aliphatic rings. The number of carboxylic acids is 1. The highest BCUT2D eigenvalue weighted by atomic mass is 19.1. The van der Waals surface area contributed by atoms with Crippen LogP contribution >= 0.6 is 0 Å². The Balaban J connectivity index is 1.58. The standard InChI is InChI=1S/C19H20FNO6/c20-13-3-5-14(6-4-13)26-11-15-7-8-16(27-15)18(22)21-17(19(23)24)12-2-1-9-25-10-12/h3-8,12,17H,1-2,9-11H2,(H,21,22)(H,23,24). The molecule has 1 aliphatic heterocycles. The first-order chi connectivity index (χ1) is 13.0. The minimum atomic E-state index is -1.11. The number of hydrogen-bond donors (Lipinski definition) is 2. The van der Waals surface area contributed by atoms with Crippen LogP contribution in [0.4, 0.5) is 4.39 Å². The van der Waals surface area contributed by atoms with E-state index < -0.39 is 17.9 Å². The summed E-state index contributed by atoms with van der Waals surface area (Å²) in [5.41, 5.74) is 0. The minimum Gasteiger partial charge on any atom is -0.486 e. The number of rotatable bonds is 7. The fourth-order valence-corrected chi connectivity index (χ4v) is 2.88. The molecule has 0 spiro atoms. The topological polar surface area (TPSA) is 98.0 Å². The Morgan fingerprint density at radius 3 is 2.70 bits per heavy atom. The summed E-state index contributed by atoms with van der Waals surface area (Å²) in [6.45, 7) is 0.955. The van der Waals surface area contributed by atoms with E-state index in [0.29, 0.717) is 31.1 Å². The molecule has 2 atom stereocenters. The van der Waals surface area contributed by atoms with Gasteiger partial charge in [-0.3, -0.25) is 4.79 Å². The molecule has 1 saturated heterocycles. The Labute approximate surface area is 155 Å². The molecule has 3 rings (SSSR count). The van der Waals surface area contributed by atoms with Crippen LogP contribution in [-0.4, -0.2) is 36.2 Å². The molecule has 8 heteroatoms. The Morgan fingerprint density at radius 1 is 1.26 bits per heavy atom. The first-order valence-electron chi connectivity index (χ1n) is 8.61. The minimum absolute atomic E-state index is 0.00400. The molecule has 1 aromatic heterocycles. The van der Waals surface area contributed by atoms with Gasteiger partial charge in [0.1, 0.15) is 30.0 Å². The zero-order valence-corrected chi connectivity index (χ0v) is 14.5. The molecule has 1 fully saturated rings. The highest BCUT2D eigenvalue weighted by molar-refractivity contribution is 5.94. The van der Waals surface area contributed by atoms with Crippen molar-refractivity contribution in [1.82, 2.24) is 5.32 Å². The van der Waals surface area contributed by atoms with Crippen LogP contribution in [0.3, 0.4) is 0 Å². The largest absolute Gasteiger partial charge is 0.486 e. The maximum Gasteiger partial charge on any atom is 0.326 e. The van der Waals surface area contributed by atoms with Gasteiger partial charge in [0, 0.05) is 12.5 Å². The van der Waals surface area contributed by atoms with Crippen LogP contribution < -0.4 is 10.1 Å². The van der Waals surface area contributed by atoms with Crippen molar-refractivity contribution in [1.29, 1.82) is 0 Å². The molecule has 7 nitrogen and oxygen atoms in total. The third-order valence-corrected chi connectivity index (χ3v) is 4.30. The van der Waals surface area contributed by atoms with Gasteiger partial charge in [-0.15, -0.1) is 0 Å². The summed E-state index contributed by atoms with van der Waals surface area (Å²) in [5, 5.41) is 11.9. The molecule has 2 N–H and O–H groups in total. The van der Waals surface area contributed by atoms with E-state index in [1.165, 1.54) is 30.3 Å². The Kier molecular flexibility index (Phi) is 6.08. The summed E-state index contributed by atoms with van der Waals surface area (Å²) < 4.78 is 29.1. The van der Waals surface area contributed by atoms with Crippen molar-refractivity contribution in [2.75, 3.05) is 13.2 Å². The van der Waals surface area contributed by atoms with Crippen molar-refractivity contribution in [3.8, 4) is 5.75 Å². The zero-order chi connectivity index (χ0) is 19.2. The summed E-state index contributed by atoms with van der Waals surface area (Å²) in [4.78, 5) is 23.8. The molecule has 0 aliphatic carbocycles. The van der Waals surface area contributed by atoms with Crippen LogP contribution in [0.1, 0.15) is 29.2 Å². The van der Waals surface area contributed by atoms with E-state index in [4.69, 9.17) is 13.9 Å². The van der Waals surface area contributed by atoms with Gasteiger partial charge in [0.05, 0.1) is 6.61 Å². The van der Waals surface area contributed by atoms with Crippen molar-refractivity contribution in [2.24, 2.45) is 5.92 Å². The molecule has 0 saturated carbocycles. The number of nitrogens with one attached hydrogen (secondary N) is 1. The zero-order valence-electron chi connectivity index (χ0n) is 14.5. The third kappa shape index (κ3) is 5.07. The normalized spacial score (nSPS) is 17.9. The van der Waals surface area contributed by atoms with Gasteiger partial charge < -0.3 is 24.3 Å². The van der Waals surface area contributed by atoms with E-state index in [0.717, 1.165) is 6.42 Å². The highest BCUT2D eigenvalue weighted by Gasteiger charge is 2.32. The fraction of sp³-hybridized carbons (Fsp3) is 0.368. The number of aliphatic carboxylic acids is 1. The van der Waals surface area contributed by atoms with E-state index in [1.807, 2.05) is 0 Å². The molecular weight excluding hydrogens is 357 g/mol. The molecule has 144 valence electrons. The van der Waals surface area contributed by atoms with Gasteiger partial charge in [0.2, 0.25) is 0 Å². The molecule has 0 radical (unpaired) electrons. The lowest BCUT2D eigenvalue weighted by Gasteiger charge is -2.27. The van der Waals surface area contributed by atoms with E-state index >= 15 is 0 Å². The van der Waals surface area contributed by atoms with E-state index in [1.54, 1.807) is 6.07 Å². The van der Waals surface area contributed by atoms with Crippen molar-refractivity contribution in [2.45, 2.75) is 25.5 Å². The SMILES string of the molecule is O=C(NC(C(=O)O)C1CCCOC1)c1ccc(COc2ccc(F)cc2)o1. The first kappa shape index (κ1) is 18.9. The summed E-state index contributed by atoms with van der Waals surface area (Å²) >= 11 is 0. The lowest BCUT2D eigenvalue weighted by molar-refractivity contribution is -0.142. The number of ether oxygens (including phenoxy) is 2. The van der Waals surface area contributed by atoms with E-state index in [-0.39, 0.29) is 24.1 Å². The van der Waals surface area contributed by atoms with Crippen LogP contribution in [0, 0.1) is 11.7 Å². The van der Waals surface area contributed by atoms with Crippen LogP contribution in [0.25, 0.3) is 0 Å². The van der Waals surface area contributed by atoms with Gasteiger partial charge in [-0.2, -0.15) is 0 Å². The predicted octanol–water partition coefficient (Wildman–Crippen LogP) is 2.61. The third-order valence-electron chi connectivity index (χ3n) is 4.30. The number of halogens is 1. The fourth-order valence-electron chi connectivity index (χ4n) is 2.88. The maximum absolute atomic E-state index is 12.9. The molecule has 27 heavy (non-hydrogen) atoms. The van der Waals surface area contributed by atoms with Crippen LogP contribution in [0.15, 0.2) is 40.8 Å². The van der Waals surface area contributed by atoms with Gasteiger partial charge in [-0.05, 0) is 49.2 Å². The Hall–Kier alpha value is -2.87. The van der Waals surface area contributed by atoms with Crippen molar-refractivity contribution < 1.29 is 33.0 Å². The Morgan fingerprint density at radius 2 is 2.04 bits per heavy atom. The number of carbonyl (C=O) groups excluding carboxylic acids is 1. The van der Waals surface area contributed by atoms with Crippen LogP contribution in [-0.2, 0) is 16.1 Å². The molecular formula is C19H20FNO6. The summed E-state index contributed by atoms with van der Waals surface area (Å²) in [5.74, 6) is -1.52. The summed E-state index contributed by atoms with van der Waals surface area (Å²) in [6, 6.07) is 7.49. The van der Waals surface area contributed by atoms with E-state index in [2.05, 4.69) is 5.32 Å². The maximum atomic E-state index is 12.9. The molecule has 2 unspecified atom stereocenters. The predicted molar refractivity (Wildman–Crippen MR) is 91.9 cm³/mol. The average molecular weight is 377 g/mol. The van der Waals surface area contributed by atoms with Crippen molar-refractivity contribution >= 4 is 11.9 Å². The van der Waals surface area contributed by atoms with Gasteiger partial charge in [0.25, 0.3) is 5.91 Å². The number of amides is 1. The monoisotopic (exact) mass is 377 g/mol. The molecule has 2 aromatic rings. The van der Waals surface area contributed by atoms with Crippen molar-refractivity contribution in [3.05, 3.63) is 53.7 Å². The molecule has 1 amide bonds. The van der Waals surface area contributed by atoms with Crippen LogP contribution in [0.5, 0.6) is 5.75 Å². The van der Waals surface area contributed by atoms with Crippen molar-refractivity contribution in [3.63, 3.8) is 0 Å². The van der Waals surface area contributed by atoms with Gasteiger partial charge in [-0.1, -0.05) is 0 Å². The average Bonchev–Trinajstić information content (AvgIpc) is 3.15. The molecule has 0 bridgehead atoms. The number of carbonyl (C=O) groups is 2. The second-order valence-corrected chi connectivity index (χ2v) is 6.28. The first-order valence-corrected chi connectivity index (χ1v) is 8.61. The quantitative estimate of drug-likeness (QED) is 0.770. The van der Waals surface area contributed by atoms with Crippen LogP contribution in [0.2, 0.25) is 0 Å². The number of furan rings is 1. The molecule has 1 aromatic carbocycles. The van der Waals surface area contributed by atoms with Gasteiger partial charge in [0.15, 0.2) is 5.76 Å².